The van der Waals surface area contributed by atoms with Crippen molar-refractivity contribution in [2.45, 2.75) is 33.4 Å². The smallest absolute Gasteiger partial charge is 0.118 e. The zero-order chi connectivity index (χ0) is 19.6. The molecule has 0 heterocycles. The summed E-state index contributed by atoms with van der Waals surface area (Å²) in [5.41, 5.74) is 7.02. The highest BCUT2D eigenvalue weighted by molar-refractivity contribution is 8.00. The van der Waals surface area contributed by atoms with E-state index in [2.05, 4.69) is 12.1 Å². The fraction of sp³-hybridized carbons (Fsp3) is 0.182. The van der Waals surface area contributed by atoms with Crippen LogP contribution in [0.4, 0.5) is 5.69 Å². The molecular formula is C22H25NO2S2. The van der Waals surface area contributed by atoms with Gasteiger partial charge < -0.3 is 15.2 Å². The van der Waals surface area contributed by atoms with E-state index in [0.29, 0.717) is 0 Å². The lowest BCUT2D eigenvalue weighted by atomic mass is 10.3. The molecule has 0 spiro atoms. The van der Waals surface area contributed by atoms with Crippen molar-refractivity contribution in [1.29, 1.82) is 0 Å². The van der Waals surface area contributed by atoms with Crippen LogP contribution in [0.15, 0.2) is 86.3 Å². The number of hydrogen-bond donors (Lipinski definition) is 1. The summed E-state index contributed by atoms with van der Waals surface area (Å²) in [5.74, 6) is 1.71. The van der Waals surface area contributed by atoms with E-state index in [-0.39, 0.29) is 0 Å². The predicted molar refractivity (Wildman–Crippen MR) is 116 cm³/mol. The zero-order valence-electron chi connectivity index (χ0n) is 16.1. The van der Waals surface area contributed by atoms with Gasteiger partial charge in [-0.3, -0.25) is 0 Å². The molecule has 0 fully saturated rings. The Balaban J connectivity index is 0.00000126. The number of benzene rings is 3. The topological polar surface area (TPSA) is 44.5 Å². The molecule has 0 radical (unpaired) electrons. The Morgan fingerprint density at radius 1 is 0.630 bits per heavy atom. The van der Waals surface area contributed by atoms with Crippen LogP contribution in [-0.4, -0.2) is 14.2 Å². The van der Waals surface area contributed by atoms with Crippen LogP contribution in [0, 0.1) is 0 Å². The van der Waals surface area contributed by atoms with Crippen LogP contribution in [0.2, 0.25) is 0 Å². The SMILES string of the molecule is CC.COc1ccc(Sc2ccc(Sc3ccc(OC)cc3)c(N)c2)cc1. The molecule has 5 heteroatoms. The molecule has 3 aromatic rings. The fourth-order valence-electron chi connectivity index (χ4n) is 2.23. The van der Waals surface area contributed by atoms with Gasteiger partial charge in [-0.05, 0) is 66.7 Å². The van der Waals surface area contributed by atoms with E-state index in [0.717, 1.165) is 36.8 Å². The third kappa shape index (κ3) is 6.15. The summed E-state index contributed by atoms with van der Waals surface area (Å²) < 4.78 is 10.4. The molecule has 142 valence electrons. The van der Waals surface area contributed by atoms with E-state index < -0.39 is 0 Å². The summed E-state index contributed by atoms with van der Waals surface area (Å²) in [6.45, 7) is 4.00. The molecule has 0 saturated heterocycles. The van der Waals surface area contributed by atoms with Gasteiger partial charge in [-0.15, -0.1) is 0 Å². The molecule has 0 aromatic heterocycles. The lowest BCUT2D eigenvalue weighted by Gasteiger charge is -2.09. The first-order valence-corrected chi connectivity index (χ1v) is 10.3. The molecule has 0 aliphatic rings. The second-order valence-electron chi connectivity index (χ2n) is 5.25. The minimum Gasteiger partial charge on any atom is -0.497 e. The lowest BCUT2D eigenvalue weighted by molar-refractivity contribution is 0.414. The highest BCUT2D eigenvalue weighted by Crippen LogP contribution is 2.37. The van der Waals surface area contributed by atoms with Crippen molar-refractivity contribution in [2.75, 3.05) is 20.0 Å². The van der Waals surface area contributed by atoms with Gasteiger partial charge in [-0.25, -0.2) is 0 Å². The summed E-state index contributed by atoms with van der Waals surface area (Å²) in [7, 11) is 3.33. The molecule has 2 N–H and O–H groups in total. The normalized spacial score (nSPS) is 9.93. The van der Waals surface area contributed by atoms with Gasteiger partial charge in [-0.2, -0.15) is 0 Å². The highest BCUT2D eigenvalue weighted by Gasteiger charge is 2.05. The highest BCUT2D eigenvalue weighted by atomic mass is 32.2. The molecule has 0 bridgehead atoms. The lowest BCUT2D eigenvalue weighted by Crippen LogP contribution is -1.89. The van der Waals surface area contributed by atoms with Crippen molar-refractivity contribution in [3.05, 3.63) is 66.7 Å². The number of methoxy groups -OCH3 is 2. The molecule has 0 unspecified atom stereocenters. The standard InChI is InChI=1S/C20H19NO2S2.C2H6/c1-22-14-3-7-16(8-4-14)24-18-11-12-20(19(21)13-18)25-17-9-5-15(23-2)6-10-17;1-2/h3-13H,21H2,1-2H3;1-2H3. The van der Waals surface area contributed by atoms with Crippen molar-refractivity contribution < 1.29 is 9.47 Å². The molecule has 3 nitrogen and oxygen atoms in total. The maximum absolute atomic E-state index is 6.25. The van der Waals surface area contributed by atoms with Gasteiger partial charge in [0.05, 0.1) is 14.2 Å². The number of anilines is 1. The van der Waals surface area contributed by atoms with Gasteiger partial charge in [0.1, 0.15) is 11.5 Å². The van der Waals surface area contributed by atoms with Crippen molar-refractivity contribution >= 4 is 29.2 Å². The molecule has 27 heavy (non-hydrogen) atoms. The maximum Gasteiger partial charge on any atom is 0.118 e. The molecule has 0 atom stereocenters. The Hall–Kier alpha value is -2.24. The van der Waals surface area contributed by atoms with Crippen molar-refractivity contribution in [3.63, 3.8) is 0 Å². The van der Waals surface area contributed by atoms with Gasteiger partial charge in [0.15, 0.2) is 0 Å². The van der Waals surface area contributed by atoms with Crippen LogP contribution in [0.25, 0.3) is 0 Å². The molecular weight excluding hydrogens is 374 g/mol. The van der Waals surface area contributed by atoms with E-state index >= 15 is 0 Å². The average molecular weight is 400 g/mol. The number of nitrogens with two attached hydrogens (primary N) is 1. The van der Waals surface area contributed by atoms with E-state index in [9.17, 15) is 0 Å². The summed E-state index contributed by atoms with van der Waals surface area (Å²) in [4.78, 5) is 4.44. The Morgan fingerprint density at radius 3 is 1.52 bits per heavy atom. The first-order chi connectivity index (χ1) is 13.2. The fourth-order valence-corrected chi connectivity index (χ4v) is 3.94. The molecule has 0 aliphatic heterocycles. The van der Waals surface area contributed by atoms with Gasteiger partial charge >= 0.3 is 0 Å². The largest absolute Gasteiger partial charge is 0.497 e. The minimum absolute atomic E-state index is 0.777. The van der Waals surface area contributed by atoms with E-state index in [1.807, 2.05) is 68.4 Å². The van der Waals surface area contributed by atoms with E-state index in [4.69, 9.17) is 15.2 Å². The summed E-state index contributed by atoms with van der Waals surface area (Å²) >= 11 is 3.33. The van der Waals surface area contributed by atoms with Crippen LogP contribution >= 0.6 is 23.5 Å². The summed E-state index contributed by atoms with van der Waals surface area (Å²) in [6.07, 6.45) is 0. The van der Waals surface area contributed by atoms with Crippen molar-refractivity contribution in [3.8, 4) is 11.5 Å². The van der Waals surface area contributed by atoms with Crippen LogP contribution in [0.5, 0.6) is 11.5 Å². The van der Waals surface area contributed by atoms with Gasteiger partial charge in [-0.1, -0.05) is 37.4 Å². The van der Waals surface area contributed by atoms with Crippen molar-refractivity contribution in [1.82, 2.24) is 0 Å². The molecule has 3 aromatic carbocycles. The Kier molecular flexibility index (Phi) is 8.43. The summed E-state index contributed by atoms with van der Waals surface area (Å²) in [6, 6.07) is 22.1. The first kappa shape index (κ1) is 21.1. The van der Waals surface area contributed by atoms with Gasteiger partial charge in [0.25, 0.3) is 0 Å². The minimum atomic E-state index is 0.777. The molecule has 0 aliphatic carbocycles. The Labute approximate surface area is 170 Å². The quantitative estimate of drug-likeness (QED) is 0.472. The number of ether oxygens (including phenoxy) is 2. The predicted octanol–water partition coefficient (Wildman–Crippen LogP) is 6.61. The van der Waals surface area contributed by atoms with E-state index in [1.165, 1.54) is 0 Å². The third-order valence-electron chi connectivity index (χ3n) is 3.56. The van der Waals surface area contributed by atoms with Crippen LogP contribution in [0.1, 0.15) is 13.8 Å². The van der Waals surface area contributed by atoms with Gasteiger partial charge in [0.2, 0.25) is 0 Å². The van der Waals surface area contributed by atoms with Gasteiger partial charge in [0, 0.05) is 25.3 Å². The number of nitrogen functional groups attached to an aromatic ring is 1. The summed E-state index contributed by atoms with van der Waals surface area (Å²) in [5, 5.41) is 0. The van der Waals surface area contributed by atoms with Crippen LogP contribution in [0.3, 0.4) is 0 Å². The second kappa shape index (κ2) is 10.8. The van der Waals surface area contributed by atoms with Crippen LogP contribution < -0.4 is 15.2 Å². The maximum atomic E-state index is 6.25. The molecule has 0 amide bonds. The average Bonchev–Trinajstić information content (AvgIpc) is 2.72. The molecule has 3 rings (SSSR count). The zero-order valence-corrected chi connectivity index (χ0v) is 17.7. The Bertz CT molecular complexity index is 834. The Morgan fingerprint density at radius 2 is 1.07 bits per heavy atom. The van der Waals surface area contributed by atoms with E-state index in [1.54, 1.807) is 37.7 Å². The molecule has 0 saturated carbocycles. The third-order valence-corrected chi connectivity index (χ3v) is 5.66. The number of hydrogen-bond acceptors (Lipinski definition) is 5. The van der Waals surface area contributed by atoms with Crippen molar-refractivity contribution in [2.24, 2.45) is 0 Å². The monoisotopic (exact) mass is 399 g/mol. The first-order valence-electron chi connectivity index (χ1n) is 8.71. The number of rotatable bonds is 6. The second-order valence-corrected chi connectivity index (χ2v) is 7.52. The van der Waals surface area contributed by atoms with Crippen LogP contribution in [-0.2, 0) is 0 Å².